The average Bonchev–Trinajstić information content (AvgIpc) is 2.65. The Morgan fingerprint density at radius 1 is 1.14 bits per heavy atom. The number of piperazine rings is 1. The lowest BCUT2D eigenvalue weighted by Gasteiger charge is -2.36. The van der Waals surface area contributed by atoms with Crippen LogP contribution in [0.1, 0.15) is 5.56 Å². The Bertz CT molecular complexity index is 962. The fraction of sp³-hybridized carbons (Fsp3) is 0.278. The number of thiocarbonyl (C=S) groups is 1. The van der Waals surface area contributed by atoms with E-state index in [0.29, 0.717) is 17.3 Å². The van der Waals surface area contributed by atoms with Crippen LogP contribution in [-0.4, -0.2) is 49.5 Å². The highest BCUT2D eigenvalue weighted by Crippen LogP contribution is 2.18. The van der Waals surface area contributed by atoms with Crippen molar-refractivity contribution in [2.75, 3.05) is 31.5 Å². The second-order valence-electron chi connectivity index (χ2n) is 6.51. The number of nitrogens with one attached hydrogen (secondary N) is 1. The molecule has 1 aliphatic heterocycles. The van der Waals surface area contributed by atoms with Crippen molar-refractivity contribution in [1.29, 1.82) is 0 Å². The van der Waals surface area contributed by atoms with E-state index in [1.165, 1.54) is 18.2 Å². The summed E-state index contributed by atoms with van der Waals surface area (Å²) >= 11 is 11.3. The smallest absolute Gasteiger partial charge is 0.238 e. The largest absolute Gasteiger partial charge is 0.346 e. The van der Waals surface area contributed by atoms with Crippen molar-refractivity contribution in [3.8, 4) is 0 Å². The lowest BCUT2D eigenvalue weighted by atomic mass is 10.2. The summed E-state index contributed by atoms with van der Waals surface area (Å²) in [5.74, 6) is -0.413. The van der Waals surface area contributed by atoms with Crippen molar-refractivity contribution in [3.05, 3.63) is 58.9 Å². The van der Waals surface area contributed by atoms with Gasteiger partial charge in [-0.05, 0) is 54.2 Å². The highest BCUT2D eigenvalue weighted by molar-refractivity contribution is 7.89. The van der Waals surface area contributed by atoms with Crippen molar-refractivity contribution in [2.24, 2.45) is 5.14 Å². The second-order valence-corrected chi connectivity index (χ2v) is 8.87. The third-order valence-corrected chi connectivity index (χ3v) is 6.06. The molecule has 0 spiro atoms. The summed E-state index contributed by atoms with van der Waals surface area (Å²) in [6.45, 7) is 3.80. The molecule has 0 amide bonds. The molecule has 1 aliphatic rings. The molecule has 1 saturated heterocycles. The molecular weight excluding hydrogens is 423 g/mol. The van der Waals surface area contributed by atoms with Crippen LogP contribution in [0.2, 0.25) is 5.02 Å². The number of rotatable bonds is 4. The number of anilines is 1. The molecule has 1 fully saturated rings. The quantitative estimate of drug-likeness (QED) is 0.709. The normalized spacial score (nSPS) is 15.5. The van der Waals surface area contributed by atoms with Gasteiger partial charge in [0.2, 0.25) is 10.0 Å². The minimum atomic E-state index is -3.71. The second kappa shape index (κ2) is 8.71. The predicted molar refractivity (Wildman–Crippen MR) is 112 cm³/mol. The maximum Gasteiger partial charge on any atom is 0.238 e. The van der Waals surface area contributed by atoms with Gasteiger partial charge in [-0.1, -0.05) is 17.7 Å². The molecule has 0 atom stereocenters. The summed E-state index contributed by atoms with van der Waals surface area (Å²) in [5.41, 5.74) is 1.66. The summed E-state index contributed by atoms with van der Waals surface area (Å²) in [6, 6.07) is 10.9. The molecule has 6 nitrogen and oxygen atoms in total. The topological polar surface area (TPSA) is 78.7 Å². The molecule has 2 aromatic rings. The summed E-state index contributed by atoms with van der Waals surface area (Å²) in [5, 5.41) is 8.92. The van der Waals surface area contributed by atoms with Crippen LogP contribution >= 0.6 is 23.8 Å². The third kappa shape index (κ3) is 5.39. The third-order valence-electron chi connectivity index (χ3n) is 4.48. The summed E-state index contributed by atoms with van der Waals surface area (Å²) < 4.78 is 35.9. The van der Waals surface area contributed by atoms with Crippen LogP contribution in [-0.2, 0) is 16.6 Å². The SMILES string of the molecule is NS(=O)(=O)c1ccc(NC(=S)N2CCN(Cc3ccc(F)c(Cl)c3)CC2)cc1. The number of nitrogens with two attached hydrogens (primary N) is 1. The Hall–Kier alpha value is -1.78. The van der Waals surface area contributed by atoms with E-state index >= 15 is 0 Å². The zero-order chi connectivity index (χ0) is 20.3. The molecule has 0 radical (unpaired) electrons. The van der Waals surface area contributed by atoms with Crippen LogP contribution in [0.3, 0.4) is 0 Å². The van der Waals surface area contributed by atoms with Crippen LogP contribution < -0.4 is 10.5 Å². The van der Waals surface area contributed by atoms with E-state index in [1.54, 1.807) is 24.3 Å². The monoisotopic (exact) mass is 442 g/mol. The highest BCUT2D eigenvalue weighted by Gasteiger charge is 2.19. The van der Waals surface area contributed by atoms with Gasteiger partial charge in [-0.15, -0.1) is 0 Å². The van der Waals surface area contributed by atoms with E-state index in [9.17, 15) is 12.8 Å². The number of sulfonamides is 1. The molecule has 150 valence electrons. The molecule has 0 unspecified atom stereocenters. The van der Waals surface area contributed by atoms with Gasteiger partial charge in [-0.2, -0.15) is 0 Å². The first-order valence-electron chi connectivity index (χ1n) is 8.57. The van der Waals surface area contributed by atoms with Crippen molar-refractivity contribution in [1.82, 2.24) is 9.80 Å². The lowest BCUT2D eigenvalue weighted by molar-refractivity contribution is 0.177. The fourth-order valence-electron chi connectivity index (χ4n) is 2.94. The van der Waals surface area contributed by atoms with Gasteiger partial charge >= 0.3 is 0 Å². The Morgan fingerprint density at radius 2 is 1.79 bits per heavy atom. The van der Waals surface area contributed by atoms with Crippen molar-refractivity contribution >= 4 is 44.6 Å². The van der Waals surface area contributed by atoms with E-state index in [2.05, 4.69) is 15.1 Å². The molecule has 0 aromatic heterocycles. The number of benzene rings is 2. The van der Waals surface area contributed by atoms with Gasteiger partial charge in [0.1, 0.15) is 5.82 Å². The van der Waals surface area contributed by atoms with E-state index in [1.807, 2.05) is 0 Å². The molecule has 28 heavy (non-hydrogen) atoms. The predicted octanol–water partition coefficient (Wildman–Crippen LogP) is 2.64. The Labute approximate surface area is 174 Å². The van der Waals surface area contributed by atoms with Crippen LogP contribution in [0.25, 0.3) is 0 Å². The van der Waals surface area contributed by atoms with E-state index < -0.39 is 15.8 Å². The molecule has 0 aliphatic carbocycles. The maximum absolute atomic E-state index is 13.3. The summed E-state index contributed by atoms with van der Waals surface area (Å²) in [4.78, 5) is 4.36. The zero-order valence-electron chi connectivity index (χ0n) is 14.9. The highest BCUT2D eigenvalue weighted by atomic mass is 35.5. The minimum Gasteiger partial charge on any atom is -0.346 e. The first kappa shape index (κ1) is 20.9. The van der Waals surface area contributed by atoms with Crippen LogP contribution in [0.5, 0.6) is 0 Å². The number of primary sulfonamides is 1. The average molecular weight is 443 g/mol. The standard InChI is InChI=1S/C18H20ClFN4O2S2/c19-16-11-13(1-6-17(16)20)12-23-7-9-24(10-8-23)18(27)22-14-2-4-15(5-3-14)28(21,25)26/h1-6,11H,7-10,12H2,(H,22,27)(H2,21,25,26). The van der Waals surface area contributed by atoms with Crippen molar-refractivity contribution in [3.63, 3.8) is 0 Å². The Kier molecular flexibility index (Phi) is 6.51. The first-order chi connectivity index (χ1) is 13.2. The van der Waals surface area contributed by atoms with Crippen molar-refractivity contribution < 1.29 is 12.8 Å². The lowest BCUT2D eigenvalue weighted by Crippen LogP contribution is -2.49. The van der Waals surface area contributed by atoms with Crippen LogP contribution in [0.4, 0.5) is 10.1 Å². The van der Waals surface area contributed by atoms with Gasteiger partial charge in [0, 0.05) is 38.4 Å². The van der Waals surface area contributed by atoms with Crippen LogP contribution in [0, 0.1) is 5.82 Å². The molecule has 3 rings (SSSR count). The maximum atomic E-state index is 13.3. The minimum absolute atomic E-state index is 0.0541. The van der Waals surface area contributed by atoms with E-state index in [0.717, 1.165) is 31.7 Å². The van der Waals surface area contributed by atoms with E-state index in [-0.39, 0.29) is 9.92 Å². The van der Waals surface area contributed by atoms with Crippen molar-refractivity contribution in [2.45, 2.75) is 11.4 Å². The number of hydrogen-bond acceptors (Lipinski definition) is 4. The number of hydrogen-bond donors (Lipinski definition) is 2. The van der Waals surface area contributed by atoms with E-state index in [4.69, 9.17) is 29.0 Å². The zero-order valence-corrected chi connectivity index (χ0v) is 17.3. The summed E-state index contributed by atoms with van der Waals surface area (Å²) in [7, 11) is -3.71. The fourth-order valence-corrected chi connectivity index (χ4v) is 3.95. The number of halogens is 2. The van der Waals surface area contributed by atoms with Gasteiger partial charge in [-0.25, -0.2) is 17.9 Å². The van der Waals surface area contributed by atoms with Gasteiger partial charge < -0.3 is 10.2 Å². The molecule has 1 heterocycles. The molecule has 3 N–H and O–H groups in total. The van der Waals surface area contributed by atoms with Gasteiger partial charge in [0.15, 0.2) is 5.11 Å². The van der Waals surface area contributed by atoms with Crippen LogP contribution in [0.15, 0.2) is 47.4 Å². The van der Waals surface area contributed by atoms with Gasteiger partial charge in [0.05, 0.1) is 9.92 Å². The van der Waals surface area contributed by atoms with Gasteiger partial charge in [-0.3, -0.25) is 4.90 Å². The first-order valence-corrected chi connectivity index (χ1v) is 10.9. The van der Waals surface area contributed by atoms with Gasteiger partial charge in [0.25, 0.3) is 0 Å². The molecule has 0 bridgehead atoms. The Morgan fingerprint density at radius 3 is 2.36 bits per heavy atom. The number of nitrogens with zero attached hydrogens (tertiary/aromatic N) is 2. The molecular formula is C18H20ClFN4O2S2. The molecule has 0 saturated carbocycles. The molecule has 10 heteroatoms. The summed E-state index contributed by atoms with van der Waals surface area (Å²) in [6.07, 6.45) is 0. The Balaban J connectivity index is 1.51. The molecule has 2 aromatic carbocycles.